The van der Waals surface area contributed by atoms with Gasteiger partial charge in [0.15, 0.2) is 5.13 Å². The zero-order chi connectivity index (χ0) is 15.0. The normalized spacial score (nSPS) is 11.0. The summed E-state index contributed by atoms with van der Waals surface area (Å²) >= 11 is 1.51. The highest BCUT2D eigenvalue weighted by Crippen LogP contribution is 2.22. The predicted octanol–water partition coefficient (Wildman–Crippen LogP) is 3.66. The van der Waals surface area contributed by atoms with E-state index in [2.05, 4.69) is 22.4 Å². The van der Waals surface area contributed by atoms with E-state index in [0.29, 0.717) is 11.7 Å². The Kier molecular flexibility index (Phi) is 3.51. The van der Waals surface area contributed by atoms with Crippen LogP contribution in [0.15, 0.2) is 30.3 Å². The van der Waals surface area contributed by atoms with Crippen LogP contribution in [0.2, 0.25) is 0 Å². The van der Waals surface area contributed by atoms with E-state index in [1.807, 2.05) is 43.5 Å². The number of amides is 1. The molecule has 4 nitrogen and oxygen atoms in total. The summed E-state index contributed by atoms with van der Waals surface area (Å²) in [6.07, 6.45) is 0. The minimum absolute atomic E-state index is 0.0480. The number of benzene rings is 1. The van der Waals surface area contributed by atoms with Crippen LogP contribution in [-0.2, 0) is 11.3 Å². The van der Waals surface area contributed by atoms with Gasteiger partial charge in [-0.1, -0.05) is 18.2 Å². The molecule has 0 atom stereocenters. The van der Waals surface area contributed by atoms with Crippen LogP contribution in [-0.4, -0.2) is 15.5 Å². The summed E-state index contributed by atoms with van der Waals surface area (Å²) in [5, 5.41) is 4.71. The predicted molar refractivity (Wildman–Crippen MR) is 86.9 cm³/mol. The van der Waals surface area contributed by atoms with E-state index in [9.17, 15) is 4.79 Å². The first-order chi connectivity index (χ1) is 10.0. The van der Waals surface area contributed by atoms with Gasteiger partial charge in [-0.3, -0.25) is 4.79 Å². The van der Waals surface area contributed by atoms with Crippen molar-refractivity contribution in [3.8, 4) is 0 Å². The van der Waals surface area contributed by atoms with Gasteiger partial charge < -0.3 is 9.88 Å². The zero-order valence-electron chi connectivity index (χ0n) is 12.3. The average Bonchev–Trinajstić information content (AvgIpc) is 2.91. The molecule has 1 N–H and O–H groups in total. The van der Waals surface area contributed by atoms with E-state index in [1.165, 1.54) is 11.3 Å². The largest absolute Gasteiger partial charge is 0.335 e. The van der Waals surface area contributed by atoms with Gasteiger partial charge in [0.1, 0.15) is 6.54 Å². The number of aryl methyl sites for hydroxylation is 3. The van der Waals surface area contributed by atoms with Crippen molar-refractivity contribution in [2.45, 2.75) is 27.3 Å². The van der Waals surface area contributed by atoms with Gasteiger partial charge in [-0.2, -0.15) is 0 Å². The minimum Gasteiger partial charge on any atom is -0.335 e. The van der Waals surface area contributed by atoms with Gasteiger partial charge in [-0.15, -0.1) is 11.3 Å². The van der Waals surface area contributed by atoms with Crippen LogP contribution in [0.3, 0.4) is 0 Å². The Morgan fingerprint density at radius 2 is 2.05 bits per heavy atom. The molecule has 0 aliphatic rings. The molecule has 21 heavy (non-hydrogen) atoms. The number of thiazole rings is 1. The maximum atomic E-state index is 12.2. The van der Waals surface area contributed by atoms with Gasteiger partial charge in [0, 0.05) is 16.1 Å². The number of carbonyl (C=O) groups is 1. The third-order valence-corrected chi connectivity index (χ3v) is 4.58. The second-order valence-electron chi connectivity index (χ2n) is 5.14. The molecule has 0 unspecified atom stereocenters. The molecular weight excluding hydrogens is 282 g/mol. The van der Waals surface area contributed by atoms with E-state index in [4.69, 9.17) is 0 Å². The quantitative estimate of drug-likeness (QED) is 0.802. The molecule has 0 saturated heterocycles. The Morgan fingerprint density at radius 3 is 2.76 bits per heavy atom. The first-order valence-electron chi connectivity index (χ1n) is 6.83. The van der Waals surface area contributed by atoms with Crippen molar-refractivity contribution in [3.63, 3.8) is 0 Å². The van der Waals surface area contributed by atoms with Gasteiger partial charge in [0.05, 0.1) is 5.69 Å². The molecule has 5 heteroatoms. The summed E-state index contributed by atoms with van der Waals surface area (Å²) in [6.45, 7) is 6.28. The Balaban J connectivity index is 1.81. The molecule has 1 aromatic carbocycles. The molecule has 3 aromatic rings. The topological polar surface area (TPSA) is 46.9 Å². The lowest BCUT2D eigenvalue weighted by molar-refractivity contribution is -0.116. The monoisotopic (exact) mass is 299 g/mol. The van der Waals surface area contributed by atoms with Gasteiger partial charge in [-0.25, -0.2) is 4.98 Å². The van der Waals surface area contributed by atoms with Gasteiger partial charge >= 0.3 is 0 Å². The molecule has 2 heterocycles. The molecule has 0 saturated carbocycles. The molecule has 108 valence electrons. The van der Waals surface area contributed by atoms with Crippen molar-refractivity contribution in [3.05, 3.63) is 46.6 Å². The number of nitrogens with zero attached hydrogens (tertiary/aromatic N) is 2. The lowest BCUT2D eigenvalue weighted by Crippen LogP contribution is -2.19. The molecule has 0 aliphatic carbocycles. The average molecular weight is 299 g/mol. The van der Waals surface area contributed by atoms with Crippen molar-refractivity contribution < 1.29 is 4.79 Å². The van der Waals surface area contributed by atoms with Crippen LogP contribution < -0.4 is 5.32 Å². The number of fused-ring (bicyclic) bond motifs is 1. The summed E-state index contributed by atoms with van der Waals surface area (Å²) < 4.78 is 2.03. The second-order valence-corrected chi connectivity index (χ2v) is 6.34. The fraction of sp³-hybridized carbons (Fsp3) is 0.250. The molecule has 0 fully saturated rings. The highest BCUT2D eigenvalue weighted by atomic mass is 32.1. The maximum absolute atomic E-state index is 12.2. The smallest absolute Gasteiger partial charge is 0.246 e. The highest BCUT2D eigenvalue weighted by Gasteiger charge is 2.11. The molecular formula is C16H17N3OS. The summed E-state index contributed by atoms with van der Waals surface area (Å²) in [7, 11) is 0. The van der Waals surface area contributed by atoms with Gasteiger partial charge in [0.25, 0.3) is 0 Å². The second kappa shape index (κ2) is 5.33. The van der Waals surface area contributed by atoms with Crippen molar-refractivity contribution in [1.29, 1.82) is 0 Å². The molecule has 3 rings (SSSR count). The SMILES string of the molecule is Cc1nc(NC(=O)Cn2c(C)cc3ccccc32)sc1C. The Bertz CT molecular complexity index is 797. The first-order valence-corrected chi connectivity index (χ1v) is 7.65. The zero-order valence-corrected chi connectivity index (χ0v) is 13.1. The molecule has 1 amide bonds. The van der Waals surface area contributed by atoms with Crippen molar-refractivity contribution in [1.82, 2.24) is 9.55 Å². The lowest BCUT2D eigenvalue weighted by Gasteiger charge is -2.07. The van der Waals surface area contributed by atoms with Crippen LogP contribution in [0.5, 0.6) is 0 Å². The molecule has 2 aromatic heterocycles. The van der Waals surface area contributed by atoms with Gasteiger partial charge in [-0.05, 0) is 38.3 Å². The molecule has 0 aliphatic heterocycles. The van der Waals surface area contributed by atoms with Crippen LogP contribution in [0.1, 0.15) is 16.3 Å². The lowest BCUT2D eigenvalue weighted by atomic mass is 10.2. The maximum Gasteiger partial charge on any atom is 0.246 e. The molecule has 0 bridgehead atoms. The van der Waals surface area contributed by atoms with Crippen LogP contribution in [0, 0.1) is 20.8 Å². The van der Waals surface area contributed by atoms with E-state index in [1.54, 1.807) is 0 Å². The summed E-state index contributed by atoms with van der Waals surface area (Å²) in [6, 6.07) is 10.2. The van der Waals surface area contributed by atoms with Crippen molar-refractivity contribution >= 4 is 33.3 Å². The van der Waals surface area contributed by atoms with E-state index in [-0.39, 0.29) is 5.91 Å². The number of carbonyl (C=O) groups excluding carboxylic acids is 1. The third kappa shape index (κ3) is 2.69. The van der Waals surface area contributed by atoms with E-state index in [0.717, 1.165) is 27.2 Å². The van der Waals surface area contributed by atoms with Crippen LogP contribution >= 0.6 is 11.3 Å². The Labute approximate surface area is 127 Å². The first kappa shape index (κ1) is 13.8. The fourth-order valence-electron chi connectivity index (χ4n) is 2.39. The summed E-state index contributed by atoms with van der Waals surface area (Å²) in [5.41, 5.74) is 3.13. The van der Waals surface area contributed by atoms with Gasteiger partial charge in [0.2, 0.25) is 5.91 Å². The number of nitrogens with one attached hydrogen (secondary N) is 1. The standard InChI is InChI=1S/C16H17N3OS/c1-10-8-13-6-4-5-7-14(13)19(10)9-15(20)18-16-17-11(2)12(3)21-16/h4-8H,9H2,1-3H3,(H,17,18,20). The van der Waals surface area contributed by atoms with Crippen LogP contribution in [0.4, 0.5) is 5.13 Å². The van der Waals surface area contributed by atoms with Crippen molar-refractivity contribution in [2.75, 3.05) is 5.32 Å². The van der Waals surface area contributed by atoms with Crippen molar-refractivity contribution in [2.24, 2.45) is 0 Å². The van der Waals surface area contributed by atoms with E-state index >= 15 is 0 Å². The number of aromatic nitrogens is 2. The summed E-state index contributed by atoms with van der Waals surface area (Å²) in [5.74, 6) is -0.0480. The summed E-state index contributed by atoms with van der Waals surface area (Å²) in [4.78, 5) is 17.7. The number of hydrogen-bond donors (Lipinski definition) is 1. The minimum atomic E-state index is -0.0480. The number of hydrogen-bond acceptors (Lipinski definition) is 3. The van der Waals surface area contributed by atoms with E-state index < -0.39 is 0 Å². The number of para-hydroxylation sites is 1. The Morgan fingerprint density at radius 1 is 1.29 bits per heavy atom. The molecule has 0 radical (unpaired) electrons. The Hall–Kier alpha value is -2.14. The molecule has 0 spiro atoms. The highest BCUT2D eigenvalue weighted by molar-refractivity contribution is 7.15. The fourth-order valence-corrected chi connectivity index (χ4v) is 3.22. The third-order valence-electron chi connectivity index (χ3n) is 3.59. The number of anilines is 1. The van der Waals surface area contributed by atoms with Crippen LogP contribution in [0.25, 0.3) is 10.9 Å². The number of rotatable bonds is 3.